The molecule has 4 rings (SSSR count). The summed E-state index contributed by atoms with van der Waals surface area (Å²) in [6.45, 7) is 3.59. The van der Waals surface area contributed by atoms with E-state index in [0.717, 1.165) is 10.8 Å². The van der Waals surface area contributed by atoms with E-state index in [9.17, 15) is 17.6 Å². The second kappa shape index (κ2) is 10.1. The molecule has 0 saturated carbocycles. The van der Waals surface area contributed by atoms with Crippen LogP contribution in [0.2, 0.25) is 0 Å². The van der Waals surface area contributed by atoms with Crippen LogP contribution in [-0.2, 0) is 6.42 Å². The molecule has 0 saturated heterocycles. The Labute approximate surface area is 195 Å². The molecule has 0 fully saturated rings. The van der Waals surface area contributed by atoms with Crippen molar-refractivity contribution in [2.75, 3.05) is 0 Å². The molecule has 34 heavy (non-hydrogen) atoms. The van der Waals surface area contributed by atoms with Gasteiger partial charge in [-0.25, -0.2) is 17.6 Å². The zero-order valence-corrected chi connectivity index (χ0v) is 18.1. The Morgan fingerprint density at radius 3 is 2.03 bits per heavy atom. The predicted molar refractivity (Wildman–Crippen MR) is 127 cm³/mol. The minimum atomic E-state index is -0.757. The average molecular weight is 454 g/mol. The number of halogens is 4. The lowest BCUT2D eigenvalue weighted by Gasteiger charge is -2.03. The normalized spacial score (nSPS) is 10.2. The van der Waals surface area contributed by atoms with E-state index in [4.69, 9.17) is 0 Å². The molecule has 0 unspecified atom stereocenters. The largest absolute Gasteiger partial charge is 0.207 e. The van der Waals surface area contributed by atoms with E-state index in [2.05, 4.69) is 30.3 Å². The van der Waals surface area contributed by atoms with Gasteiger partial charge in [-0.2, -0.15) is 0 Å². The van der Waals surface area contributed by atoms with Crippen molar-refractivity contribution in [1.82, 2.24) is 0 Å². The van der Waals surface area contributed by atoms with Gasteiger partial charge in [0.1, 0.15) is 23.3 Å². The van der Waals surface area contributed by atoms with Crippen LogP contribution in [0.5, 0.6) is 0 Å². The van der Waals surface area contributed by atoms with Gasteiger partial charge in [-0.3, -0.25) is 0 Å². The van der Waals surface area contributed by atoms with Crippen LogP contribution in [0.25, 0.3) is 10.8 Å². The van der Waals surface area contributed by atoms with Crippen LogP contribution in [0.3, 0.4) is 0 Å². The van der Waals surface area contributed by atoms with Gasteiger partial charge in [0.15, 0.2) is 0 Å². The van der Waals surface area contributed by atoms with Gasteiger partial charge in [-0.1, -0.05) is 41.9 Å². The molecule has 0 bridgehead atoms. The number of hydrogen-bond donors (Lipinski definition) is 0. The zero-order valence-electron chi connectivity index (χ0n) is 18.1. The first-order valence-electron chi connectivity index (χ1n) is 10.5. The Hall–Kier alpha value is -4.28. The minimum absolute atomic E-state index is 0.161. The van der Waals surface area contributed by atoms with E-state index < -0.39 is 17.5 Å². The van der Waals surface area contributed by atoms with Crippen LogP contribution in [0.1, 0.15) is 34.2 Å². The molecule has 0 aliphatic carbocycles. The van der Waals surface area contributed by atoms with Crippen LogP contribution in [0.4, 0.5) is 17.6 Å². The van der Waals surface area contributed by atoms with Gasteiger partial charge in [0, 0.05) is 11.1 Å². The minimum Gasteiger partial charge on any atom is -0.207 e. The van der Waals surface area contributed by atoms with Gasteiger partial charge in [-0.15, -0.1) is 6.58 Å². The van der Waals surface area contributed by atoms with Crippen molar-refractivity contribution in [2.24, 2.45) is 0 Å². The van der Waals surface area contributed by atoms with E-state index in [1.165, 1.54) is 42.5 Å². The molecule has 0 radical (unpaired) electrons. The summed E-state index contributed by atoms with van der Waals surface area (Å²) in [6.07, 6.45) is 2.77. The van der Waals surface area contributed by atoms with E-state index in [1.807, 2.05) is 0 Å². The maximum absolute atomic E-state index is 14.5. The Bertz CT molecular complexity index is 1500. The first-order chi connectivity index (χ1) is 16.4. The lowest BCUT2D eigenvalue weighted by Crippen LogP contribution is -1.95. The molecule has 0 spiro atoms. The Morgan fingerprint density at radius 1 is 0.647 bits per heavy atom. The molecule has 4 heteroatoms. The number of fused-ring (bicyclic) bond motifs is 1. The van der Waals surface area contributed by atoms with Crippen molar-refractivity contribution >= 4 is 10.8 Å². The predicted octanol–water partition coefficient (Wildman–Crippen LogP) is 7.31. The Morgan fingerprint density at radius 2 is 1.29 bits per heavy atom. The highest BCUT2D eigenvalue weighted by Crippen LogP contribution is 2.18. The molecule has 0 aromatic heterocycles. The molecule has 0 aliphatic rings. The third-order valence-corrected chi connectivity index (χ3v) is 5.18. The van der Waals surface area contributed by atoms with Gasteiger partial charge in [0.2, 0.25) is 0 Å². The first kappa shape index (κ1) is 22.9. The van der Waals surface area contributed by atoms with Gasteiger partial charge in [-0.05, 0) is 83.8 Å². The first-order valence-corrected chi connectivity index (χ1v) is 10.5. The Balaban J connectivity index is 1.55. The van der Waals surface area contributed by atoms with Crippen molar-refractivity contribution in [2.45, 2.75) is 12.8 Å². The van der Waals surface area contributed by atoms with Crippen molar-refractivity contribution in [3.05, 3.63) is 130 Å². The van der Waals surface area contributed by atoms with Gasteiger partial charge in [0.25, 0.3) is 0 Å². The molecular weight excluding hydrogens is 436 g/mol. The summed E-state index contributed by atoms with van der Waals surface area (Å²) in [5.41, 5.74) is 1.25. The third-order valence-electron chi connectivity index (χ3n) is 5.18. The highest BCUT2D eigenvalue weighted by atomic mass is 19.1. The molecule has 4 aromatic carbocycles. The molecule has 0 amide bonds. The summed E-state index contributed by atoms with van der Waals surface area (Å²) in [5.74, 6) is 8.31. The average Bonchev–Trinajstić information content (AvgIpc) is 2.81. The Kier molecular flexibility index (Phi) is 6.81. The van der Waals surface area contributed by atoms with E-state index in [1.54, 1.807) is 30.3 Å². The third kappa shape index (κ3) is 5.37. The molecule has 0 N–H and O–H groups in total. The van der Waals surface area contributed by atoms with Gasteiger partial charge >= 0.3 is 0 Å². The summed E-state index contributed by atoms with van der Waals surface area (Å²) >= 11 is 0. The number of allylic oxidation sites excluding steroid dienone is 1. The molecule has 0 nitrogen and oxygen atoms in total. The van der Waals surface area contributed by atoms with Crippen molar-refractivity contribution in [3.63, 3.8) is 0 Å². The number of aryl methyl sites for hydroxylation is 1. The summed E-state index contributed by atoms with van der Waals surface area (Å²) in [4.78, 5) is 0. The number of benzene rings is 4. The van der Waals surface area contributed by atoms with Gasteiger partial charge < -0.3 is 0 Å². The van der Waals surface area contributed by atoms with Crippen LogP contribution >= 0.6 is 0 Å². The smallest absolute Gasteiger partial charge is 0.142 e. The monoisotopic (exact) mass is 454 g/mol. The highest BCUT2D eigenvalue weighted by Gasteiger charge is 2.09. The topological polar surface area (TPSA) is 0 Å². The van der Waals surface area contributed by atoms with E-state index in [-0.39, 0.29) is 22.5 Å². The fraction of sp³-hybridized carbons (Fsp3) is 0.0667. The standard InChI is InChI=1S/C30H18F4/c1-2-3-4-22-17-29(33)27(30(34)18-22)14-8-21-6-10-23(28(32)16-21)9-5-20-7-11-25-19-26(31)13-12-24(25)15-20/h2,6-7,10-13,15-19H,1,3-4H2. The second-order valence-electron chi connectivity index (χ2n) is 7.66. The molecule has 0 heterocycles. The number of rotatable bonds is 3. The second-order valence-corrected chi connectivity index (χ2v) is 7.66. The van der Waals surface area contributed by atoms with Crippen molar-refractivity contribution < 1.29 is 17.6 Å². The molecule has 166 valence electrons. The quantitative estimate of drug-likeness (QED) is 0.173. The number of hydrogen-bond acceptors (Lipinski definition) is 0. The highest BCUT2D eigenvalue weighted by molar-refractivity contribution is 5.84. The van der Waals surface area contributed by atoms with E-state index in [0.29, 0.717) is 24.0 Å². The summed E-state index contributed by atoms with van der Waals surface area (Å²) < 4.78 is 56.4. The fourth-order valence-electron chi connectivity index (χ4n) is 3.42. The van der Waals surface area contributed by atoms with Crippen LogP contribution in [0.15, 0.2) is 79.4 Å². The van der Waals surface area contributed by atoms with Crippen LogP contribution < -0.4 is 0 Å². The van der Waals surface area contributed by atoms with Gasteiger partial charge in [0.05, 0.1) is 11.1 Å². The van der Waals surface area contributed by atoms with Crippen LogP contribution in [0, 0.1) is 47.0 Å². The summed E-state index contributed by atoms with van der Waals surface area (Å²) in [5, 5.41) is 1.58. The maximum Gasteiger partial charge on any atom is 0.142 e. The SMILES string of the molecule is C=CCCc1cc(F)c(C#Cc2ccc(C#Cc3ccc4cc(F)ccc4c3)c(F)c2)c(F)c1. The summed E-state index contributed by atoms with van der Waals surface area (Å²) in [7, 11) is 0. The maximum atomic E-state index is 14.5. The molecule has 4 aromatic rings. The van der Waals surface area contributed by atoms with Crippen LogP contribution in [-0.4, -0.2) is 0 Å². The molecular formula is C30H18F4. The lowest BCUT2D eigenvalue weighted by atomic mass is 10.1. The zero-order chi connectivity index (χ0) is 24.1. The van der Waals surface area contributed by atoms with Crippen molar-refractivity contribution in [1.29, 1.82) is 0 Å². The summed E-state index contributed by atoms with van der Waals surface area (Å²) in [6, 6.07) is 16.4. The molecule has 0 aliphatic heterocycles. The van der Waals surface area contributed by atoms with Crippen molar-refractivity contribution in [3.8, 4) is 23.7 Å². The fourth-order valence-corrected chi connectivity index (χ4v) is 3.42. The molecule has 0 atom stereocenters. The lowest BCUT2D eigenvalue weighted by molar-refractivity contribution is 0.574. The van der Waals surface area contributed by atoms with E-state index >= 15 is 0 Å².